The highest BCUT2D eigenvalue weighted by atomic mass is 16.5. The molecular weight excluding hydrogens is 496 g/mol. The van der Waals surface area contributed by atoms with Crippen LogP contribution in [0.3, 0.4) is 0 Å². The van der Waals surface area contributed by atoms with Crippen LogP contribution in [0.4, 0.5) is 0 Å². The predicted octanol–water partition coefficient (Wildman–Crippen LogP) is 11.5. The molecule has 0 heterocycles. The van der Waals surface area contributed by atoms with E-state index in [-0.39, 0.29) is 13.0 Å². The molecule has 1 unspecified atom stereocenters. The number of allylic oxidation sites excluding steroid dienone is 2. The van der Waals surface area contributed by atoms with Gasteiger partial charge in [-0.25, -0.2) is 0 Å². The van der Waals surface area contributed by atoms with E-state index in [2.05, 4.69) is 25.7 Å². The van der Waals surface area contributed by atoms with Crippen LogP contribution in [-0.2, 0) is 14.3 Å². The van der Waals surface area contributed by atoms with Crippen LogP contribution in [0.15, 0.2) is 24.8 Å². The van der Waals surface area contributed by atoms with Crippen LogP contribution >= 0.6 is 0 Å². The van der Waals surface area contributed by atoms with Gasteiger partial charge in [0.15, 0.2) is 0 Å². The maximum atomic E-state index is 12.0. The Labute approximate surface area is 248 Å². The van der Waals surface area contributed by atoms with E-state index in [0.717, 1.165) is 19.3 Å². The van der Waals surface area contributed by atoms with Crippen molar-refractivity contribution in [3.8, 4) is 0 Å². The first kappa shape index (κ1) is 38.4. The average Bonchev–Trinajstić information content (AvgIpc) is 2.94. The Bertz CT molecular complexity index is 598. The van der Waals surface area contributed by atoms with Gasteiger partial charge in [-0.3, -0.25) is 9.59 Å². The molecule has 0 saturated heterocycles. The maximum absolute atomic E-state index is 12.0. The van der Waals surface area contributed by atoms with Gasteiger partial charge in [0.05, 0.1) is 12.3 Å². The number of rotatable bonds is 32. The second kappa shape index (κ2) is 31.9. The highest BCUT2D eigenvalue weighted by Gasteiger charge is 2.22. The average molecular weight is 563 g/mol. The third-order valence-corrected chi connectivity index (χ3v) is 7.91. The van der Waals surface area contributed by atoms with Crippen molar-refractivity contribution < 1.29 is 19.4 Å². The largest absolute Gasteiger partial charge is 0.481 e. The van der Waals surface area contributed by atoms with Crippen molar-refractivity contribution in [2.75, 3.05) is 6.61 Å². The summed E-state index contributed by atoms with van der Waals surface area (Å²) < 4.78 is 5.04. The zero-order valence-corrected chi connectivity index (χ0v) is 26.5. The highest BCUT2D eigenvalue weighted by molar-refractivity contribution is 5.79. The zero-order valence-electron chi connectivity index (χ0n) is 26.5. The summed E-state index contributed by atoms with van der Waals surface area (Å²) in [5.41, 5.74) is 0. The highest BCUT2D eigenvalue weighted by Crippen LogP contribution is 2.18. The fourth-order valence-corrected chi connectivity index (χ4v) is 5.36. The Hall–Kier alpha value is -1.58. The van der Waals surface area contributed by atoms with E-state index in [9.17, 15) is 9.59 Å². The van der Waals surface area contributed by atoms with Crippen LogP contribution < -0.4 is 0 Å². The monoisotopic (exact) mass is 562 g/mol. The van der Waals surface area contributed by atoms with E-state index in [0.29, 0.717) is 6.42 Å². The van der Waals surface area contributed by atoms with Crippen molar-refractivity contribution in [1.29, 1.82) is 0 Å². The molecule has 0 radical (unpaired) electrons. The maximum Gasteiger partial charge on any atom is 0.309 e. The summed E-state index contributed by atoms with van der Waals surface area (Å²) in [4.78, 5) is 23.0. The van der Waals surface area contributed by atoms with Gasteiger partial charge in [-0.2, -0.15) is 0 Å². The molecule has 0 aliphatic carbocycles. The number of carbonyl (C=O) groups is 2. The van der Waals surface area contributed by atoms with Crippen LogP contribution in [0.1, 0.15) is 180 Å². The van der Waals surface area contributed by atoms with Crippen LogP contribution in [0.5, 0.6) is 0 Å². The molecule has 0 aliphatic heterocycles. The molecule has 0 aliphatic rings. The summed E-state index contributed by atoms with van der Waals surface area (Å²) in [5, 5.41) is 9.03. The van der Waals surface area contributed by atoms with E-state index in [4.69, 9.17) is 9.84 Å². The van der Waals surface area contributed by atoms with Crippen LogP contribution in [0.2, 0.25) is 0 Å². The van der Waals surface area contributed by atoms with E-state index in [1.54, 1.807) is 0 Å². The molecule has 4 nitrogen and oxygen atoms in total. The van der Waals surface area contributed by atoms with Crippen molar-refractivity contribution in [1.82, 2.24) is 0 Å². The molecule has 0 aromatic heterocycles. The van der Waals surface area contributed by atoms with Crippen LogP contribution in [0, 0.1) is 5.92 Å². The summed E-state index contributed by atoms with van der Waals surface area (Å²) in [7, 11) is 0. The first-order chi connectivity index (χ1) is 19.6. The van der Waals surface area contributed by atoms with Gasteiger partial charge in [0, 0.05) is 0 Å². The summed E-state index contributed by atoms with van der Waals surface area (Å²) in [6, 6.07) is 0. The smallest absolute Gasteiger partial charge is 0.309 e. The predicted molar refractivity (Wildman–Crippen MR) is 172 cm³/mol. The zero-order chi connectivity index (χ0) is 29.4. The lowest BCUT2D eigenvalue weighted by molar-refractivity contribution is -0.152. The van der Waals surface area contributed by atoms with Gasteiger partial charge in [-0.15, -0.1) is 0 Å². The van der Waals surface area contributed by atoms with Gasteiger partial charge in [-0.1, -0.05) is 167 Å². The first-order valence-electron chi connectivity index (χ1n) is 17.3. The summed E-state index contributed by atoms with van der Waals surface area (Å²) >= 11 is 0. The van der Waals surface area contributed by atoms with Gasteiger partial charge in [0.25, 0.3) is 0 Å². The van der Waals surface area contributed by atoms with Gasteiger partial charge >= 0.3 is 11.9 Å². The molecule has 0 saturated carbocycles. The van der Waals surface area contributed by atoms with Gasteiger partial charge in [-0.05, 0) is 32.1 Å². The van der Waals surface area contributed by atoms with Crippen molar-refractivity contribution in [3.63, 3.8) is 0 Å². The van der Waals surface area contributed by atoms with Gasteiger partial charge in [0.1, 0.15) is 6.61 Å². The second-order valence-corrected chi connectivity index (χ2v) is 11.8. The standard InChI is InChI=1S/C36H66O4/c1-3-5-6-7-8-9-10-11-12-13-14-15-16-17-18-19-20-21-22-23-24-25-26-27-28-29-30-31-34(33-35(37)38)36(39)40-32-4-2/h4,15-16,34H,2-3,5-14,17-33H2,1H3,(H,37,38)/b16-15+. The molecule has 1 atom stereocenters. The number of carboxylic acids is 1. The van der Waals surface area contributed by atoms with Crippen molar-refractivity contribution in [2.24, 2.45) is 5.92 Å². The lowest BCUT2D eigenvalue weighted by Gasteiger charge is -2.13. The topological polar surface area (TPSA) is 63.6 Å². The number of ether oxygens (including phenoxy) is 1. The molecule has 0 amide bonds. The molecule has 40 heavy (non-hydrogen) atoms. The Balaban J connectivity index is 3.35. The number of hydrogen-bond acceptors (Lipinski definition) is 3. The summed E-state index contributed by atoms with van der Waals surface area (Å²) in [6.45, 7) is 5.96. The minimum atomic E-state index is -0.942. The van der Waals surface area contributed by atoms with Crippen molar-refractivity contribution in [2.45, 2.75) is 180 Å². The van der Waals surface area contributed by atoms with Gasteiger partial charge in [0.2, 0.25) is 0 Å². The Morgan fingerprint density at radius 2 is 1.00 bits per heavy atom. The molecule has 4 heteroatoms. The number of carbonyl (C=O) groups excluding carboxylic acids is 1. The van der Waals surface area contributed by atoms with E-state index in [1.165, 1.54) is 147 Å². The van der Waals surface area contributed by atoms with Crippen molar-refractivity contribution in [3.05, 3.63) is 24.8 Å². The molecule has 0 spiro atoms. The van der Waals surface area contributed by atoms with Crippen LogP contribution in [0.25, 0.3) is 0 Å². The number of esters is 1. The lowest BCUT2D eigenvalue weighted by atomic mass is 9.97. The normalized spacial score (nSPS) is 12.1. The number of unbranched alkanes of at least 4 members (excludes halogenated alkanes) is 23. The fraction of sp³-hybridized carbons (Fsp3) is 0.833. The molecule has 0 aromatic rings. The molecule has 0 rings (SSSR count). The number of aliphatic carboxylic acids is 1. The summed E-state index contributed by atoms with van der Waals surface area (Å²) in [6.07, 6.45) is 40.0. The lowest BCUT2D eigenvalue weighted by Crippen LogP contribution is -2.21. The SMILES string of the molecule is C=CCOC(=O)C(CCCCCCCCCCCCCCC/C=C/CCCCCCCCCCCC)CC(=O)O. The second-order valence-electron chi connectivity index (χ2n) is 11.8. The number of hydrogen-bond donors (Lipinski definition) is 1. The van der Waals surface area contributed by atoms with E-state index < -0.39 is 17.9 Å². The molecule has 234 valence electrons. The third kappa shape index (κ3) is 29.4. The minimum absolute atomic E-state index is 0.145. The Morgan fingerprint density at radius 3 is 1.38 bits per heavy atom. The Morgan fingerprint density at radius 1 is 0.625 bits per heavy atom. The van der Waals surface area contributed by atoms with Crippen molar-refractivity contribution >= 4 is 11.9 Å². The molecule has 0 aromatic carbocycles. The van der Waals surface area contributed by atoms with Gasteiger partial charge < -0.3 is 9.84 Å². The van der Waals surface area contributed by atoms with E-state index in [1.807, 2.05) is 0 Å². The molecular formula is C36H66O4. The quantitative estimate of drug-likeness (QED) is 0.0503. The minimum Gasteiger partial charge on any atom is -0.481 e. The van der Waals surface area contributed by atoms with E-state index >= 15 is 0 Å². The number of carboxylic acid groups (broad SMARTS) is 1. The Kier molecular flexibility index (Phi) is 30.7. The first-order valence-corrected chi connectivity index (χ1v) is 17.3. The third-order valence-electron chi connectivity index (χ3n) is 7.91. The summed E-state index contributed by atoms with van der Waals surface area (Å²) in [5.74, 6) is -1.88. The molecule has 0 bridgehead atoms. The molecule has 0 fully saturated rings. The molecule has 1 N–H and O–H groups in total. The fourth-order valence-electron chi connectivity index (χ4n) is 5.36. The van der Waals surface area contributed by atoms with Crippen LogP contribution in [-0.4, -0.2) is 23.7 Å².